The number of benzene rings is 1. The number of hydrogen-bond donors (Lipinski definition) is 1. The molecule has 0 aliphatic rings. The molecular weight excluding hydrogens is 292 g/mol. The van der Waals surface area contributed by atoms with Crippen molar-refractivity contribution in [3.63, 3.8) is 0 Å². The highest BCUT2D eigenvalue weighted by molar-refractivity contribution is 9.10. The van der Waals surface area contributed by atoms with Gasteiger partial charge >= 0.3 is 0 Å². The van der Waals surface area contributed by atoms with Gasteiger partial charge in [-0.15, -0.1) is 0 Å². The fourth-order valence-corrected chi connectivity index (χ4v) is 2.08. The van der Waals surface area contributed by atoms with Crippen molar-refractivity contribution in [3.05, 3.63) is 46.1 Å². The normalized spacial score (nSPS) is 9.50. The van der Waals surface area contributed by atoms with Gasteiger partial charge in [-0.3, -0.25) is 0 Å². The molecule has 0 saturated heterocycles. The number of pyridine rings is 1. The van der Waals surface area contributed by atoms with Crippen LogP contribution in [0.3, 0.4) is 0 Å². The Morgan fingerprint density at radius 1 is 1.06 bits per heavy atom. The summed E-state index contributed by atoms with van der Waals surface area (Å²) in [5, 5.41) is 18.1. The summed E-state index contributed by atoms with van der Waals surface area (Å²) in [5.41, 5.74) is 7.65. The van der Waals surface area contributed by atoms with Gasteiger partial charge in [-0.05, 0) is 15.9 Å². The van der Waals surface area contributed by atoms with Gasteiger partial charge in [-0.25, -0.2) is 4.98 Å². The minimum absolute atomic E-state index is 0.153. The molecule has 2 N–H and O–H groups in total. The fourth-order valence-electron chi connectivity index (χ4n) is 1.60. The summed E-state index contributed by atoms with van der Waals surface area (Å²) in [6.45, 7) is 0. The first-order valence-corrected chi connectivity index (χ1v) is 5.83. The van der Waals surface area contributed by atoms with Gasteiger partial charge in [0.05, 0.1) is 11.4 Å². The van der Waals surface area contributed by atoms with Crippen LogP contribution >= 0.6 is 15.9 Å². The van der Waals surface area contributed by atoms with Crippen LogP contribution in [0, 0.1) is 22.7 Å². The van der Waals surface area contributed by atoms with Gasteiger partial charge in [-0.1, -0.05) is 30.3 Å². The minimum atomic E-state index is 0.153. The molecule has 0 fully saturated rings. The Labute approximate surface area is 112 Å². The Morgan fingerprint density at radius 3 is 2.22 bits per heavy atom. The van der Waals surface area contributed by atoms with Crippen molar-refractivity contribution in [1.29, 1.82) is 10.5 Å². The Hall–Kier alpha value is -2.37. The first-order valence-electron chi connectivity index (χ1n) is 5.03. The van der Waals surface area contributed by atoms with E-state index in [0.717, 1.165) is 5.56 Å². The third-order valence-corrected chi connectivity index (χ3v) is 3.04. The van der Waals surface area contributed by atoms with Crippen molar-refractivity contribution in [2.45, 2.75) is 0 Å². The average Bonchev–Trinajstić information content (AvgIpc) is 2.39. The Kier molecular flexibility index (Phi) is 3.27. The quantitative estimate of drug-likeness (QED) is 0.820. The molecule has 0 bridgehead atoms. The zero-order chi connectivity index (χ0) is 13.1. The summed E-state index contributed by atoms with van der Waals surface area (Å²) in [6.07, 6.45) is 0. The molecule has 2 rings (SSSR count). The molecule has 4 nitrogen and oxygen atoms in total. The Morgan fingerprint density at radius 2 is 1.67 bits per heavy atom. The van der Waals surface area contributed by atoms with Crippen molar-refractivity contribution in [2.24, 2.45) is 0 Å². The van der Waals surface area contributed by atoms with Gasteiger partial charge < -0.3 is 5.73 Å². The predicted octanol–water partition coefficient (Wildman–Crippen LogP) is 2.84. The number of aromatic nitrogens is 1. The summed E-state index contributed by atoms with van der Waals surface area (Å²) in [5.74, 6) is 0. The van der Waals surface area contributed by atoms with Crippen LogP contribution in [0.5, 0.6) is 0 Å². The molecule has 0 aliphatic carbocycles. The minimum Gasteiger partial charge on any atom is -0.396 e. The number of nitrogen functional groups attached to an aromatic ring is 1. The Bertz CT molecular complexity index is 681. The zero-order valence-corrected chi connectivity index (χ0v) is 10.8. The molecule has 0 radical (unpaired) electrons. The maximum Gasteiger partial charge on any atom is 0.126 e. The van der Waals surface area contributed by atoms with Crippen LogP contribution in [0.1, 0.15) is 11.1 Å². The molecule has 0 spiro atoms. The molecule has 0 amide bonds. The second kappa shape index (κ2) is 4.87. The molecule has 1 aromatic carbocycles. The highest BCUT2D eigenvalue weighted by Gasteiger charge is 2.17. The molecule has 86 valence electrons. The number of anilines is 1. The van der Waals surface area contributed by atoms with Crippen LogP contribution in [0.2, 0.25) is 0 Å². The lowest BCUT2D eigenvalue weighted by Crippen LogP contribution is -2.01. The SMILES string of the molecule is N#Cc1c(Br)nc(-c2ccccc2)c(C#N)c1N. The first-order chi connectivity index (χ1) is 8.69. The van der Waals surface area contributed by atoms with E-state index in [9.17, 15) is 5.26 Å². The van der Waals surface area contributed by atoms with Gasteiger partial charge in [0.15, 0.2) is 0 Å². The third-order valence-electron chi connectivity index (χ3n) is 2.46. The lowest BCUT2D eigenvalue weighted by molar-refractivity contribution is 1.24. The van der Waals surface area contributed by atoms with Crippen molar-refractivity contribution in [2.75, 3.05) is 5.73 Å². The lowest BCUT2D eigenvalue weighted by atomic mass is 10.0. The van der Waals surface area contributed by atoms with Crippen LogP contribution in [-0.4, -0.2) is 4.98 Å². The number of halogens is 1. The summed E-state index contributed by atoms with van der Waals surface area (Å²) in [7, 11) is 0. The average molecular weight is 299 g/mol. The van der Waals surface area contributed by atoms with Crippen molar-refractivity contribution < 1.29 is 0 Å². The summed E-state index contributed by atoms with van der Waals surface area (Å²) in [4.78, 5) is 4.24. The van der Waals surface area contributed by atoms with E-state index < -0.39 is 0 Å². The van der Waals surface area contributed by atoms with E-state index >= 15 is 0 Å². The molecule has 18 heavy (non-hydrogen) atoms. The first kappa shape index (κ1) is 12.1. The second-order valence-corrected chi connectivity index (χ2v) is 4.26. The van der Waals surface area contributed by atoms with E-state index in [1.165, 1.54) is 0 Å². The van der Waals surface area contributed by atoms with Crippen molar-refractivity contribution in [3.8, 4) is 23.4 Å². The van der Waals surface area contributed by atoms with E-state index in [1.807, 2.05) is 42.5 Å². The van der Waals surface area contributed by atoms with Crippen LogP contribution in [0.4, 0.5) is 5.69 Å². The second-order valence-electron chi connectivity index (χ2n) is 3.50. The smallest absolute Gasteiger partial charge is 0.126 e. The number of rotatable bonds is 1. The topological polar surface area (TPSA) is 86.5 Å². The third kappa shape index (κ3) is 1.92. The molecular formula is C13H7BrN4. The molecule has 5 heteroatoms. The van der Waals surface area contributed by atoms with Gasteiger partial charge in [0.2, 0.25) is 0 Å². The van der Waals surface area contributed by atoms with Crippen LogP contribution in [0.25, 0.3) is 11.3 Å². The van der Waals surface area contributed by atoms with E-state index in [4.69, 9.17) is 11.0 Å². The standard InChI is InChI=1S/C13H7BrN4/c14-13-10(7-16)11(17)9(6-15)12(18-13)8-4-2-1-3-5-8/h1-5H,(H2,17,18). The molecule has 1 aromatic heterocycles. The zero-order valence-electron chi connectivity index (χ0n) is 9.18. The maximum atomic E-state index is 9.18. The predicted molar refractivity (Wildman–Crippen MR) is 71.2 cm³/mol. The summed E-state index contributed by atoms with van der Waals surface area (Å²) < 4.78 is 0.348. The molecule has 2 aromatic rings. The van der Waals surface area contributed by atoms with Gasteiger partial charge in [-0.2, -0.15) is 10.5 Å². The van der Waals surface area contributed by atoms with Crippen LogP contribution in [-0.2, 0) is 0 Å². The van der Waals surface area contributed by atoms with E-state index in [2.05, 4.69) is 20.9 Å². The number of hydrogen-bond acceptors (Lipinski definition) is 4. The van der Waals surface area contributed by atoms with Crippen LogP contribution < -0.4 is 5.73 Å². The van der Waals surface area contributed by atoms with E-state index in [0.29, 0.717) is 10.3 Å². The van der Waals surface area contributed by atoms with E-state index in [-0.39, 0.29) is 16.8 Å². The largest absolute Gasteiger partial charge is 0.396 e. The number of nitrogens with two attached hydrogens (primary N) is 1. The fraction of sp³-hybridized carbons (Fsp3) is 0. The number of nitriles is 2. The molecule has 1 heterocycles. The van der Waals surface area contributed by atoms with Gasteiger partial charge in [0.1, 0.15) is 27.9 Å². The highest BCUT2D eigenvalue weighted by Crippen LogP contribution is 2.31. The summed E-state index contributed by atoms with van der Waals surface area (Å²) in [6, 6.07) is 13.2. The molecule has 0 unspecified atom stereocenters. The van der Waals surface area contributed by atoms with Crippen molar-refractivity contribution in [1.82, 2.24) is 4.98 Å². The van der Waals surface area contributed by atoms with Gasteiger partial charge in [0, 0.05) is 5.56 Å². The summed E-state index contributed by atoms with van der Waals surface area (Å²) >= 11 is 3.20. The maximum absolute atomic E-state index is 9.18. The molecule has 0 atom stereocenters. The van der Waals surface area contributed by atoms with Gasteiger partial charge in [0.25, 0.3) is 0 Å². The Balaban J connectivity index is 2.79. The number of nitrogens with zero attached hydrogens (tertiary/aromatic N) is 3. The van der Waals surface area contributed by atoms with Crippen molar-refractivity contribution >= 4 is 21.6 Å². The lowest BCUT2D eigenvalue weighted by Gasteiger charge is -2.08. The highest BCUT2D eigenvalue weighted by atomic mass is 79.9. The molecule has 0 saturated carbocycles. The monoisotopic (exact) mass is 298 g/mol. The van der Waals surface area contributed by atoms with Crippen LogP contribution in [0.15, 0.2) is 34.9 Å². The van der Waals surface area contributed by atoms with E-state index in [1.54, 1.807) is 0 Å². The molecule has 0 aliphatic heterocycles.